The third kappa shape index (κ3) is 3.98. The minimum atomic E-state index is 0.660. The summed E-state index contributed by atoms with van der Waals surface area (Å²) in [5, 5.41) is 3.54. The van der Waals surface area contributed by atoms with E-state index in [4.69, 9.17) is 4.74 Å². The van der Waals surface area contributed by atoms with Crippen LogP contribution in [0.4, 0.5) is 5.95 Å². The number of nitrogens with zero attached hydrogens (tertiary/aromatic N) is 3. The van der Waals surface area contributed by atoms with Crippen molar-refractivity contribution < 1.29 is 4.74 Å². The van der Waals surface area contributed by atoms with Gasteiger partial charge >= 0.3 is 0 Å². The zero-order chi connectivity index (χ0) is 14.5. The lowest BCUT2D eigenvalue weighted by Gasteiger charge is -2.26. The number of imidazole rings is 1. The number of hydrogen-bond acceptors (Lipinski definition) is 4. The predicted octanol–water partition coefficient (Wildman–Crippen LogP) is 2.44. The van der Waals surface area contributed by atoms with Gasteiger partial charge in [-0.05, 0) is 32.7 Å². The summed E-state index contributed by atoms with van der Waals surface area (Å²) in [6.45, 7) is 8.17. The van der Waals surface area contributed by atoms with Gasteiger partial charge in [-0.25, -0.2) is 4.98 Å². The van der Waals surface area contributed by atoms with Crippen molar-refractivity contribution in [2.45, 2.75) is 45.1 Å². The zero-order valence-corrected chi connectivity index (χ0v) is 13.2. The van der Waals surface area contributed by atoms with E-state index < -0.39 is 0 Å². The summed E-state index contributed by atoms with van der Waals surface area (Å²) >= 11 is 0. The van der Waals surface area contributed by atoms with Crippen molar-refractivity contribution in [3.63, 3.8) is 0 Å². The van der Waals surface area contributed by atoms with Crippen LogP contribution in [0, 0.1) is 6.92 Å². The second-order valence-electron chi connectivity index (χ2n) is 6.29. The molecule has 0 bridgehead atoms. The monoisotopic (exact) mass is 292 g/mol. The van der Waals surface area contributed by atoms with Crippen LogP contribution >= 0.6 is 0 Å². The molecule has 0 spiro atoms. The molecule has 1 saturated heterocycles. The fourth-order valence-corrected chi connectivity index (χ4v) is 3.44. The topological polar surface area (TPSA) is 42.3 Å². The van der Waals surface area contributed by atoms with Crippen LogP contribution in [0.1, 0.15) is 43.8 Å². The van der Waals surface area contributed by atoms with Gasteiger partial charge in [0, 0.05) is 31.9 Å². The molecule has 2 heterocycles. The third-order valence-corrected chi connectivity index (χ3v) is 4.61. The Morgan fingerprint density at radius 2 is 2.05 bits per heavy atom. The maximum atomic E-state index is 5.38. The molecule has 1 N–H and O–H groups in total. The first-order chi connectivity index (χ1) is 10.3. The van der Waals surface area contributed by atoms with Gasteiger partial charge in [-0.1, -0.05) is 12.8 Å². The molecule has 0 atom stereocenters. The number of aryl methyl sites for hydroxylation is 1. The van der Waals surface area contributed by atoms with E-state index in [0.29, 0.717) is 6.04 Å². The van der Waals surface area contributed by atoms with E-state index in [-0.39, 0.29) is 0 Å². The summed E-state index contributed by atoms with van der Waals surface area (Å²) in [6, 6.07) is 0.660. The lowest BCUT2D eigenvalue weighted by atomic mass is 10.2. The van der Waals surface area contributed by atoms with Crippen molar-refractivity contribution in [2.75, 3.05) is 44.7 Å². The van der Waals surface area contributed by atoms with Crippen molar-refractivity contribution in [1.29, 1.82) is 0 Å². The van der Waals surface area contributed by atoms with Crippen molar-refractivity contribution in [2.24, 2.45) is 0 Å². The lowest BCUT2D eigenvalue weighted by Crippen LogP contribution is -2.37. The number of morpholine rings is 1. The van der Waals surface area contributed by atoms with E-state index in [1.807, 2.05) is 0 Å². The Labute approximate surface area is 127 Å². The van der Waals surface area contributed by atoms with Crippen LogP contribution in [-0.4, -0.2) is 53.8 Å². The maximum absolute atomic E-state index is 5.38. The highest BCUT2D eigenvalue weighted by Crippen LogP contribution is 2.32. The summed E-state index contributed by atoms with van der Waals surface area (Å²) < 4.78 is 7.75. The van der Waals surface area contributed by atoms with Gasteiger partial charge < -0.3 is 14.6 Å². The highest BCUT2D eigenvalue weighted by Gasteiger charge is 2.20. The molecule has 5 nitrogen and oxygen atoms in total. The molecule has 0 amide bonds. The van der Waals surface area contributed by atoms with E-state index in [2.05, 4.69) is 32.9 Å². The van der Waals surface area contributed by atoms with Crippen LogP contribution in [-0.2, 0) is 4.74 Å². The number of aromatic nitrogens is 2. The molecule has 1 aromatic heterocycles. The minimum Gasteiger partial charge on any atom is -0.379 e. The van der Waals surface area contributed by atoms with Crippen LogP contribution < -0.4 is 5.32 Å². The molecule has 0 radical (unpaired) electrons. The van der Waals surface area contributed by atoms with Gasteiger partial charge in [0.2, 0.25) is 5.95 Å². The molecule has 3 rings (SSSR count). The van der Waals surface area contributed by atoms with Gasteiger partial charge in [0.15, 0.2) is 0 Å². The smallest absolute Gasteiger partial charge is 0.203 e. The maximum Gasteiger partial charge on any atom is 0.203 e. The molecule has 1 aliphatic heterocycles. The highest BCUT2D eigenvalue weighted by atomic mass is 16.5. The molecule has 2 fully saturated rings. The van der Waals surface area contributed by atoms with Crippen LogP contribution in [0.25, 0.3) is 0 Å². The minimum absolute atomic E-state index is 0.660. The van der Waals surface area contributed by atoms with E-state index >= 15 is 0 Å². The van der Waals surface area contributed by atoms with Crippen LogP contribution in [0.5, 0.6) is 0 Å². The molecule has 118 valence electrons. The van der Waals surface area contributed by atoms with Crippen molar-refractivity contribution in [1.82, 2.24) is 14.5 Å². The molecule has 0 aromatic carbocycles. The van der Waals surface area contributed by atoms with Gasteiger partial charge in [-0.2, -0.15) is 0 Å². The first kappa shape index (κ1) is 14.9. The van der Waals surface area contributed by atoms with Crippen molar-refractivity contribution in [3.05, 3.63) is 11.9 Å². The fraction of sp³-hybridized carbons (Fsp3) is 0.812. The van der Waals surface area contributed by atoms with Gasteiger partial charge in [0.1, 0.15) is 0 Å². The summed E-state index contributed by atoms with van der Waals surface area (Å²) in [4.78, 5) is 7.14. The zero-order valence-electron chi connectivity index (χ0n) is 13.2. The predicted molar refractivity (Wildman–Crippen MR) is 84.8 cm³/mol. The SMILES string of the molecule is Cc1cn(C2CCCC2)c(NCCCN2CCOCC2)n1. The van der Waals surface area contributed by atoms with Gasteiger partial charge in [-0.15, -0.1) is 0 Å². The van der Waals surface area contributed by atoms with Gasteiger partial charge in [0.05, 0.1) is 18.9 Å². The van der Waals surface area contributed by atoms with E-state index in [9.17, 15) is 0 Å². The number of nitrogens with one attached hydrogen (secondary N) is 1. The fourth-order valence-electron chi connectivity index (χ4n) is 3.44. The number of hydrogen-bond donors (Lipinski definition) is 1. The highest BCUT2D eigenvalue weighted by molar-refractivity contribution is 5.29. The number of anilines is 1. The molecule has 5 heteroatoms. The van der Waals surface area contributed by atoms with Crippen LogP contribution in [0.2, 0.25) is 0 Å². The van der Waals surface area contributed by atoms with Crippen LogP contribution in [0.15, 0.2) is 6.20 Å². The largest absolute Gasteiger partial charge is 0.379 e. The summed E-state index contributed by atoms with van der Waals surface area (Å²) in [5.74, 6) is 1.07. The molecule has 21 heavy (non-hydrogen) atoms. The first-order valence-corrected chi connectivity index (χ1v) is 8.42. The molecule has 1 aromatic rings. The summed E-state index contributed by atoms with van der Waals surface area (Å²) in [6.07, 6.45) is 8.70. The summed E-state index contributed by atoms with van der Waals surface area (Å²) in [7, 11) is 0. The number of ether oxygens (including phenoxy) is 1. The molecule has 2 aliphatic rings. The third-order valence-electron chi connectivity index (χ3n) is 4.61. The van der Waals surface area contributed by atoms with E-state index in [0.717, 1.165) is 57.5 Å². The van der Waals surface area contributed by atoms with Gasteiger partial charge in [0.25, 0.3) is 0 Å². The van der Waals surface area contributed by atoms with Crippen molar-refractivity contribution >= 4 is 5.95 Å². The molecule has 0 unspecified atom stereocenters. The summed E-state index contributed by atoms with van der Waals surface area (Å²) in [5.41, 5.74) is 1.12. The quantitative estimate of drug-likeness (QED) is 0.818. The van der Waals surface area contributed by atoms with Crippen LogP contribution in [0.3, 0.4) is 0 Å². The average Bonchev–Trinajstić information content (AvgIpc) is 3.14. The molecule has 1 saturated carbocycles. The van der Waals surface area contributed by atoms with E-state index in [1.54, 1.807) is 0 Å². The second kappa shape index (κ2) is 7.27. The Hall–Kier alpha value is -1.07. The Bertz CT molecular complexity index is 433. The average molecular weight is 292 g/mol. The molecule has 1 aliphatic carbocycles. The van der Waals surface area contributed by atoms with Crippen molar-refractivity contribution in [3.8, 4) is 0 Å². The normalized spacial score (nSPS) is 21.0. The standard InChI is InChI=1S/C16H28N4O/c1-14-13-20(15-5-2-3-6-15)16(18-14)17-7-4-8-19-9-11-21-12-10-19/h13,15H,2-12H2,1H3,(H,17,18). The first-order valence-electron chi connectivity index (χ1n) is 8.42. The van der Waals surface area contributed by atoms with E-state index in [1.165, 1.54) is 25.7 Å². The number of rotatable bonds is 6. The second-order valence-corrected chi connectivity index (χ2v) is 6.29. The Balaban J connectivity index is 1.46. The Kier molecular flexibility index (Phi) is 5.14. The Morgan fingerprint density at radius 1 is 1.29 bits per heavy atom. The Morgan fingerprint density at radius 3 is 2.81 bits per heavy atom. The lowest BCUT2D eigenvalue weighted by molar-refractivity contribution is 0.0378. The molecular formula is C16H28N4O. The van der Waals surface area contributed by atoms with Gasteiger partial charge in [-0.3, -0.25) is 4.90 Å². The molecular weight excluding hydrogens is 264 g/mol.